The topological polar surface area (TPSA) is 46.6 Å². The predicted octanol–water partition coefficient (Wildman–Crippen LogP) is 2.39. The number of hydrogen-bond donors (Lipinski definition) is 0. The van der Waals surface area contributed by atoms with E-state index < -0.39 is 29.8 Å². The first-order valence-corrected chi connectivity index (χ1v) is 6.23. The molecule has 0 radical (unpaired) electrons. The van der Waals surface area contributed by atoms with Gasteiger partial charge in [-0.2, -0.15) is 8.78 Å². The molecule has 0 rings (SSSR count). The highest BCUT2D eigenvalue weighted by molar-refractivity contribution is 5.90. The maximum atomic E-state index is 13.8. The number of carbonyl (C=O) groups excluding carboxylic acids is 2. The van der Waals surface area contributed by atoms with E-state index in [0.717, 1.165) is 12.0 Å². The SMILES string of the molecule is C=C(CC(F)(F)C(=O)N(CCC)CCC)C(=O)OC. The molecule has 0 atom stereocenters. The first kappa shape index (κ1) is 17.5. The Kier molecular flexibility index (Phi) is 7.26. The van der Waals surface area contributed by atoms with Crippen molar-refractivity contribution in [2.45, 2.75) is 39.0 Å². The average molecular weight is 277 g/mol. The van der Waals surface area contributed by atoms with Gasteiger partial charge in [0.1, 0.15) is 0 Å². The number of amides is 1. The molecule has 4 nitrogen and oxygen atoms in total. The number of rotatable bonds is 8. The molecule has 110 valence electrons. The zero-order valence-electron chi connectivity index (χ0n) is 11.7. The molecule has 0 saturated heterocycles. The van der Waals surface area contributed by atoms with Crippen molar-refractivity contribution in [3.05, 3.63) is 12.2 Å². The molecule has 0 heterocycles. The van der Waals surface area contributed by atoms with E-state index in [9.17, 15) is 18.4 Å². The molecule has 0 aromatic rings. The Balaban J connectivity index is 4.81. The van der Waals surface area contributed by atoms with Gasteiger partial charge >= 0.3 is 11.9 Å². The Bertz CT molecular complexity index is 337. The van der Waals surface area contributed by atoms with Gasteiger partial charge in [-0.25, -0.2) is 4.79 Å². The summed E-state index contributed by atoms with van der Waals surface area (Å²) >= 11 is 0. The zero-order valence-corrected chi connectivity index (χ0v) is 11.7. The third-order valence-electron chi connectivity index (χ3n) is 2.50. The summed E-state index contributed by atoms with van der Waals surface area (Å²) in [6.07, 6.45) is 0.183. The summed E-state index contributed by atoms with van der Waals surface area (Å²) in [6, 6.07) is 0. The van der Waals surface area contributed by atoms with Crippen molar-refractivity contribution in [1.29, 1.82) is 0 Å². The number of methoxy groups -OCH3 is 1. The summed E-state index contributed by atoms with van der Waals surface area (Å²) in [5.41, 5.74) is -0.409. The van der Waals surface area contributed by atoms with Gasteiger partial charge in [-0.15, -0.1) is 0 Å². The number of halogens is 2. The summed E-state index contributed by atoms with van der Waals surface area (Å²) in [7, 11) is 1.08. The zero-order chi connectivity index (χ0) is 15.1. The third-order valence-corrected chi connectivity index (χ3v) is 2.50. The highest BCUT2D eigenvalue weighted by Gasteiger charge is 2.43. The number of esters is 1. The van der Waals surface area contributed by atoms with Crippen molar-refractivity contribution in [3.8, 4) is 0 Å². The third kappa shape index (κ3) is 5.36. The van der Waals surface area contributed by atoms with E-state index in [1.807, 2.05) is 13.8 Å². The highest BCUT2D eigenvalue weighted by Crippen LogP contribution is 2.26. The summed E-state index contributed by atoms with van der Waals surface area (Å²) in [5.74, 6) is -5.82. The van der Waals surface area contributed by atoms with Crippen molar-refractivity contribution in [2.75, 3.05) is 20.2 Å². The maximum absolute atomic E-state index is 13.8. The summed E-state index contributed by atoms with van der Waals surface area (Å²) in [6.45, 7) is 7.37. The molecule has 0 spiro atoms. The molecule has 0 aliphatic heterocycles. The molecule has 0 aromatic heterocycles. The van der Waals surface area contributed by atoms with Crippen LogP contribution in [0.25, 0.3) is 0 Å². The minimum atomic E-state index is -3.63. The highest BCUT2D eigenvalue weighted by atomic mass is 19.3. The fourth-order valence-corrected chi connectivity index (χ4v) is 1.65. The summed E-state index contributed by atoms with van der Waals surface area (Å²) in [4.78, 5) is 23.9. The number of carbonyl (C=O) groups is 2. The average Bonchev–Trinajstić information content (AvgIpc) is 2.36. The van der Waals surface area contributed by atoms with E-state index in [-0.39, 0.29) is 13.1 Å². The minimum Gasteiger partial charge on any atom is -0.466 e. The van der Waals surface area contributed by atoms with Crippen LogP contribution in [-0.4, -0.2) is 42.9 Å². The van der Waals surface area contributed by atoms with Crippen molar-refractivity contribution >= 4 is 11.9 Å². The monoisotopic (exact) mass is 277 g/mol. The number of alkyl halides is 2. The van der Waals surface area contributed by atoms with Gasteiger partial charge in [0, 0.05) is 18.7 Å². The maximum Gasteiger partial charge on any atom is 0.333 e. The van der Waals surface area contributed by atoms with Gasteiger partial charge in [0.05, 0.1) is 13.5 Å². The van der Waals surface area contributed by atoms with Crippen molar-refractivity contribution in [3.63, 3.8) is 0 Å². The second-order valence-electron chi connectivity index (χ2n) is 4.27. The molecule has 0 saturated carbocycles. The Morgan fingerprint density at radius 1 is 1.21 bits per heavy atom. The molecule has 0 unspecified atom stereocenters. The van der Waals surface area contributed by atoms with Crippen LogP contribution < -0.4 is 0 Å². The minimum absolute atomic E-state index is 0.271. The molecule has 0 N–H and O–H groups in total. The van der Waals surface area contributed by atoms with E-state index in [1.165, 1.54) is 0 Å². The van der Waals surface area contributed by atoms with Crippen LogP contribution in [0.4, 0.5) is 8.78 Å². The second kappa shape index (κ2) is 7.86. The lowest BCUT2D eigenvalue weighted by molar-refractivity contribution is -0.158. The van der Waals surface area contributed by atoms with Crippen molar-refractivity contribution < 1.29 is 23.1 Å². The molecular weight excluding hydrogens is 256 g/mol. The van der Waals surface area contributed by atoms with Crippen LogP contribution in [0.5, 0.6) is 0 Å². The molecule has 0 aliphatic carbocycles. The molecule has 0 bridgehead atoms. The summed E-state index contributed by atoms with van der Waals surface area (Å²) in [5, 5.41) is 0. The smallest absolute Gasteiger partial charge is 0.333 e. The van der Waals surface area contributed by atoms with Crippen LogP contribution in [0, 0.1) is 0 Å². The van der Waals surface area contributed by atoms with Crippen LogP contribution in [-0.2, 0) is 14.3 Å². The first-order chi connectivity index (χ1) is 8.80. The van der Waals surface area contributed by atoms with E-state index in [1.54, 1.807) is 0 Å². The fourth-order valence-electron chi connectivity index (χ4n) is 1.65. The lowest BCUT2D eigenvalue weighted by Gasteiger charge is -2.26. The molecular formula is C13H21F2NO3. The van der Waals surface area contributed by atoms with E-state index in [0.29, 0.717) is 12.8 Å². The van der Waals surface area contributed by atoms with Crippen LogP contribution in [0.15, 0.2) is 12.2 Å². The van der Waals surface area contributed by atoms with Crippen LogP contribution >= 0.6 is 0 Å². The van der Waals surface area contributed by atoms with Crippen molar-refractivity contribution in [2.24, 2.45) is 0 Å². The van der Waals surface area contributed by atoms with Gasteiger partial charge < -0.3 is 9.64 Å². The molecule has 0 aliphatic rings. The molecule has 0 fully saturated rings. The lowest BCUT2D eigenvalue weighted by Crippen LogP contribution is -2.44. The normalized spacial score (nSPS) is 11.0. The van der Waals surface area contributed by atoms with Crippen LogP contribution in [0.2, 0.25) is 0 Å². The number of hydrogen-bond acceptors (Lipinski definition) is 3. The fraction of sp³-hybridized carbons (Fsp3) is 0.692. The van der Waals surface area contributed by atoms with Gasteiger partial charge in [-0.3, -0.25) is 4.79 Å². The number of nitrogens with zero attached hydrogens (tertiary/aromatic N) is 1. The largest absolute Gasteiger partial charge is 0.466 e. The van der Waals surface area contributed by atoms with E-state index in [4.69, 9.17) is 0 Å². The molecule has 19 heavy (non-hydrogen) atoms. The van der Waals surface area contributed by atoms with Gasteiger partial charge in [0.15, 0.2) is 0 Å². The second-order valence-corrected chi connectivity index (χ2v) is 4.27. The lowest BCUT2D eigenvalue weighted by atomic mass is 10.1. The predicted molar refractivity (Wildman–Crippen MR) is 67.9 cm³/mol. The number of ether oxygens (including phenoxy) is 1. The quantitative estimate of drug-likeness (QED) is 0.505. The Hall–Kier alpha value is -1.46. The molecule has 1 amide bonds. The standard InChI is InChI=1S/C13H21F2NO3/c1-5-7-16(8-6-2)12(18)13(14,15)9-10(3)11(17)19-4/h3,5-9H2,1-2,4H3. The van der Waals surface area contributed by atoms with Gasteiger partial charge in [0.25, 0.3) is 5.91 Å². The Morgan fingerprint density at radius 2 is 1.68 bits per heavy atom. The van der Waals surface area contributed by atoms with Crippen molar-refractivity contribution in [1.82, 2.24) is 4.90 Å². The van der Waals surface area contributed by atoms with E-state index >= 15 is 0 Å². The first-order valence-electron chi connectivity index (χ1n) is 6.23. The Morgan fingerprint density at radius 3 is 2.05 bits per heavy atom. The van der Waals surface area contributed by atoms with Crippen LogP contribution in [0.3, 0.4) is 0 Å². The summed E-state index contributed by atoms with van der Waals surface area (Å²) < 4.78 is 31.9. The molecule has 0 aromatic carbocycles. The Labute approximate surface area is 112 Å². The molecule has 6 heteroatoms. The van der Waals surface area contributed by atoms with Gasteiger partial charge in [0.2, 0.25) is 0 Å². The van der Waals surface area contributed by atoms with Gasteiger partial charge in [-0.05, 0) is 12.8 Å². The van der Waals surface area contributed by atoms with E-state index in [2.05, 4.69) is 11.3 Å². The van der Waals surface area contributed by atoms with Crippen LogP contribution in [0.1, 0.15) is 33.1 Å². The van der Waals surface area contributed by atoms with Gasteiger partial charge in [-0.1, -0.05) is 20.4 Å².